The van der Waals surface area contributed by atoms with Gasteiger partial charge in [-0.05, 0) is 37.5 Å². The van der Waals surface area contributed by atoms with E-state index < -0.39 is 0 Å². The zero-order valence-corrected chi connectivity index (χ0v) is 11.5. The maximum Gasteiger partial charge on any atom is 0.258 e. The summed E-state index contributed by atoms with van der Waals surface area (Å²) in [5.74, 6) is 1.68. The monoisotopic (exact) mass is 275 g/mol. The number of benzene rings is 1. The third-order valence-corrected chi connectivity index (χ3v) is 3.86. The molecule has 1 aliphatic carbocycles. The van der Waals surface area contributed by atoms with E-state index in [0.717, 1.165) is 24.8 Å². The highest BCUT2D eigenvalue weighted by molar-refractivity contribution is 5.65. The largest absolute Gasteiger partial charge is 0.495 e. The number of hydrogen-bond donors (Lipinski definition) is 1. The van der Waals surface area contributed by atoms with Gasteiger partial charge >= 0.3 is 0 Å². The van der Waals surface area contributed by atoms with Crippen molar-refractivity contribution >= 4 is 5.69 Å². The predicted octanol–water partition coefficient (Wildman–Crippen LogP) is 2.35. The number of ether oxygens (including phenoxy) is 2. The Morgan fingerprint density at radius 2 is 2.10 bits per heavy atom. The molecule has 1 aromatic heterocycles. The number of methoxy groups -OCH3 is 2. The van der Waals surface area contributed by atoms with Gasteiger partial charge in [0.25, 0.3) is 5.89 Å². The van der Waals surface area contributed by atoms with Crippen LogP contribution < -0.4 is 10.5 Å². The molecule has 6 nitrogen and oxygen atoms in total. The summed E-state index contributed by atoms with van der Waals surface area (Å²) in [6.45, 7) is 0. The second-order valence-corrected chi connectivity index (χ2v) is 4.93. The van der Waals surface area contributed by atoms with Crippen LogP contribution in [0.1, 0.15) is 25.1 Å². The van der Waals surface area contributed by atoms with Crippen LogP contribution in [-0.2, 0) is 10.3 Å². The van der Waals surface area contributed by atoms with Gasteiger partial charge in [-0.25, -0.2) is 0 Å². The van der Waals surface area contributed by atoms with Crippen molar-refractivity contribution in [3.63, 3.8) is 0 Å². The lowest BCUT2D eigenvalue weighted by atomic mass is 9.79. The van der Waals surface area contributed by atoms with Crippen LogP contribution in [0.2, 0.25) is 0 Å². The van der Waals surface area contributed by atoms with Crippen LogP contribution in [0.3, 0.4) is 0 Å². The Hall–Kier alpha value is -2.08. The van der Waals surface area contributed by atoms with E-state index in [1.807, 2.05) is 6.07 Å². The van der Waals surface area contributed by atoms with Crippen LogP contribution >= 0.6 is 0 Å². The molecule has 0 radical (unpaired) electrons. The lowest BCUT2D eigenvalue weighted by Gasteiger charge is -2.37. The Bertz CT molecular complexity index is 614. The highest BCUT2D eigenvalue weighted by Gasteiger charge is 2.43. The molecule has 1 aliphatic rings. The zero-order valence-electron chi connectivity index (χ0n) is 11.5. The van der Waals surface area contributed by atoms with E-state index in [1.165, 1.54) is 0 Å². The maximum absolute atomic E-state index is 5.89. The smallest absolute Gasteiger partial charge is 0.258 e. The molecule has 0 atom stereocenters. The molecule has 0 spiro atoms. The molecule has 0 unspecified atom stereocenters. The molecule has 0 aliphatic heterocycles. The van der Waals surface area contributed by atoms with Gasteiger partial charge in [0, 0.05) is 12.7 Å². The Kier molecular flexibility index (Phi) is 3.10. The molecule has 1 heterocycles. The van der Waals surface area contributed by atoms with Crippen molar-refractivity contribution in [3.8, 4) is 17.2 Å². The lowest BCUT2D eigenvalue weighted by molar-refractivity contribution is -0.0858. The number of nitrogen functional groups attached to an aromatic ring is 1. The number of nitrogens with zero attached hydrogens (tertiary/aromatic N) is 2. The SMILES string of the molecule is COc1ccc(-c2nc(C3(OC)CCC3)no2)cc1N. The van der Waals surface area contributed by atoms with Crippen molar-refractivity contribution in [3.05, 3.63) is 24.0 Å². The first kappa shape index (κ1) is 12.9. The quantitative estimate of drug-likeness (QED) is 0.862. The number of rotatable bonds is 4. The second-order valence-electron chi connectivity index (χ2n) is 4.93. The van der Waals surface area contributed by atoms with Gasteiger partial charge in [-0.1, -0.05) is 5.16 Å². The molecule has 20 heavy (non-hydrogen) atoms. The van der Waals surface area contributed by atoms with Gasteiger partial charge in [-0.2, -0.15) is 4.98 Å². The van der Waals surface area contributed by atoms with E-state index in [2.05, 4.69) is 10.1 Å². The topological polar surface area (TPSA) is 83.4 Å². The molecule has 106 valence electrons. The summed E-state index contributed by atoms with van der Waals surface area (Å²) in [4.78, 5) is 4.44. The summed E-state index contributed by atoms with van der Waals surface area (Å²) >= 11 is 0. The summed E-state index contributed by atoms with van der Waals surface area (Å²) < 4.78 is 16.0. The van der Waals surface area contributed by atoms with Crippen LogP contribution in [0, 0.1) is 0 Å². The van der Waals surface area contributed by atoms with Gasteiger partial charge in [0.2, 0.25) is 5.82 Å². The molecule has 2 N–H and O–H groups in total. The highest BCUT2D eigenvalue weighted by atomic mass is 16.5. The first-order chi connectivity index (χ1) is 9.68. The summed E-state index contributed by atoms with van der Waals surface area (Å²) in [6, 6.07) is 5.38. The van der Waals surface area contributed by atoms with Gasteiger partial charge < -0.3 is 19.7 Å². The highest BCUT2D eigenvalue weighted by Crippen LogP contribution is 2.43. The van der Waals surface area contributed by atoms with E-state index >= 15 is 0 Å². The first-order valence-corrected chi connectivity index (χ1v) is 6.52. The summed E-state index contributed by atoms with van der Waals surface area (Å²) in [5, 5.41) is 4.05. The Balaban J connectivity index is 1.92. The molecule has 0 amide bonds. The van der Waals surface area contributed by atoms with Gasteiger partial charge in [0.1, 0.15) is 11.4 Å². The van der Waals surface area contributed by atoms with Crippen LogP contribution in [0.25, 0.3) is 11.5 Å². The Morgan fingerprint density at radius 1 is 1.30 bits per heavy atom. The van der Waals surface area contributed by atoms with E-state index in [0.29, 0.717) is 23.2 Å². The fourth-order valence-corrected chi connectivity index (χ4v) is 2.41. The number of aromatic nitrogens is 2. The molecule has 1 aromatic carbocycles. The van der Waals surface area contributed by atoms with Crippen LogP contribution in [0.5, 0.6) is 5.75 Å². The van der Waals surface area contributed by atoms with Crippen LogP contribution in [0.15, 0.2) is 22.7 Å². The van der Waals surface area contributed by atoms with Crippen molar-refractivity contribution in [2.45, 2.75) is 24.9 Å². The second kappa shape index (κ2) is 4.79. The molecule has 6 heteroatoms. The minimum atomic E-state index is -0.375. The molecular weight excluding hydrogens is 258 g/mol. The van der Waals surface area contributed by atoms with E-state index in [-0.39, 0.29) is 5.60 Å². The molecular formula is C14H17N3O3. The molecule has 3 rings (SSSR count). The van der Waals surface area contributed by atoms with Gasteiger partial charge in [0.15, 0.2) is 0 Å². The molecule has 0 bridgehead atoms. The summed E-state index contributed by atoms with van der Waals surface area (Å²) in [6.07, 6.45) is 2.97. The van der Waals surface area contributed by atoms with Crippen molar-refractivity contribution in [2.75, 3.05) is 20.0 Å². The minimum absolute atomic E-state index is 0.375. The molecule has 1 saturated carbocycles. The van der Waals surface area contributed by atoms with Crippen molar-refractivity contribution in [2.24, 2.45) is 0 Å². The van der Waals surface area contributed by atoms with Crippen molar-refractivity contribution in [1.29, 1.82) is 0 Å². The lowest BCUT2D eigenvalue weighted by Crippen LogP contribution is -2.37. The number of anilines is 1. The summed E-state index contributed by atoms with van der Waals surface area (Å²) in [5.41, 5.74) is 6.82. The van der Waals surface area contributed by atoms with Crippen LogP contribution in [-0.4, -0.2) is 24.4 Å². The maximum atomic E-state index is 5.89. The Morgan fingerprint density at radius 3 is 2.65 bits per heavy atom. The molecule has 2 aromatic rings. The zero-order chi connectivity index (χ0) is 14.2. The molecule has 0 saturated heterocycles. The average Bonchev–Trinajstić information content (AvgIpc) is 2.88. The fourth-order valence-electron chi connectivity index (χ4n) is 2.41. The normalized spacial score (nSPS) is 16.7. The number of nitrogens with two attached hydrogens (primary N) is 1. The fraction of sp³-hybridized carbons (Fsp3) is 0.429. The van der Waals surface area contributed by atoms with Crippen molar-refractivity contribution < 1.29 is 14.0 Å². The van der Waals surface area contributed by atoms with Gasteiger partial charge in [-0.15, -0.1) is 0 Å². The van der Waals surface area contributed by atoms with E-state index in [4.69, 9.17) is 19.7 Å². The summed E-state index contributed by atoms with van der Waals surface area (Å²) in [7, 11) is 3.26. The average molecular weight is 275 g/mol. The van der Waals surface area contributed by atoms with Crippen molar-refractivity contribution in [1.82, 2.24) is 10.1 Å². The van der Waals surface area contributed by atoms with Gasteiger partial charge in [-0.3, -0.25) is 0 Å². The first-order valence-electron chi connectivity index (χ1n) is 6.52. The standard InChI is InChI=1S/C14H17N3O3/c1-18-11-5-4-9(8-10(11)15)12-16-13(17-20-12)14(19-2)6-3-7-14/h4-5,8H,3,6-7,15H2,1-2H3. The molecule has 1 fully saturated rings. The Labute approximate surface area is 116 Å². The number of hydrogen-bond acceptors (Lipinski definition) is 6. The van der Waals surface area contributed by atoms with E-state index in [1.54, 1.807) is 26.4 Å². The van der Waals surface area contributed by atoms with E-state index in [9.17, 15) is 0 Å². The third-order valence-electron chi connectivity index (χ3n) is 3.86. The third kappa shape index (κ3) is 1.92. The predicted molar refractivity (Wildman–Crippen MR) is 73.2 cm³/mol. The van der Waals surface area contributed by atoms with Gasteiger partial charge in [0.05, 0.1) is 12.8 Å². The minimum Gasteiger partial charge on any atom is -0.495 e. The van der Waals surface area contributed by atoms with Crippen LogP contribution in [0.4, 0.5) is 5.69 Å².